The Balaban J connectivity index is 1.97. The molecule has 1 aromatic carbocycles. The Kier molecular flexibility index (Phi) is 4.79. The van der Waals surface area contributed by atoms with Gasteiger partial charge < -0.3 is 4.74 Å². The van der Waals surface area contributed by atoms with Gasteiger partial charge in [0.1, 0.15) is 12.4 Å². The minimum absolute atomic E-state index is 0.0515. The lowest BCUT2D eigenvalue weighted by atomic mass is 10.1. The summed E-state index contributed by atoms with van der Waals surface area (Å²) in [7, 11) is 1.71. The topological polar surface area (TPSA) is 61.2 Å². The van der Waals surface area contributed by atoms with Gasteiger partial charge in [-0.2, -0.15) is 0 Å². The lowest BCUT2D eigenvalue weighted by molar-refractivity contribution is 0.100. The van der Waals surface area contributed by atoms with Crippen LogP contribution in [-0.2, 0) is 13.7 Å². The van der Waals surface area contributed by atoms with Crippen LogP contribution in [0.15, 0.2) is 35.1 Å². The van der Waals surface area contributed by atoms with Gasteiger partial charge in [-0.15, -0.1) is 0 Å². The molecule has 0 spiro atoms. The summed E-state index contributed by atoms with van der Waals surface area (Å²) in [6, 6.07) is 9.56. The number of carbonyl (C=O) groups excluding carboxylic acids is 1. The SMILES string of the molecule is CC(=O)c1nc(C2CCCC2)n(C)c(=O)c1OCc1ccccc1. The number of nitrogens with zero attached hydrogens (tertiary/aromatic N) is 2. The van der Waals surface area contributed by atoms with E-state index in [-0.39, 0.29) is 35.3 Å². The maximum Gasteiger partial charge on any atom is 0.296 e. The monoisotopic (exact) mass is 326 g/mol. The molecule has 3 rings (SSSR count). The second-order valence-electron chi connectivity index (χ2n) is 6.32. The number of carbonyl (C=O) groups is 1. The van der Waals surface area contributed by atoms with Crippen molar-refractivity contribution in [2.75, 3.05) is 0 Å². The van der Waals surface area contributed by atoms with Gasteiger partial charge in [0.05, 0.1) is 0 Å². The van der Waals surface area contributed by atoms with Crippen LogP contribution in [0.3, 0.4) is 0 Å². The highest BCUT2D eigenvalue weighted by molar-refractivity contribution is 5.94. The normalized spacial score (nSPS) is 14.8. The largest absolute Gasteiger partial charge is 0.481 e. The Labute approximate surface area is 141 Å². The molecule has 1 aromatic heterocycles. The van der Waals surface area contributed by atoms with E-state index in [1.54, 1.807) is 11.6 Å². The van der Waals surface area contributed by atoms with Crippen molar-refractivity contribution >= 4 is 5.78 Å². The van der Waals surface area contributed by atoms with Gasteiger partial charge in [-0.3, -0.25) is 14.2 Å². The summed E-state index contributed by atoms with van der Waals surface area (Å²) >= 11 is 0. The Bertz CT molecular complexity index is 790. The molecule has 0 saturated heterocycles. The third-order valence-electron chi connectivity index (χ3n) is 4.56. The third-order valence-corrected chi connectivity index (χ3v) is 4.56. The van der Waals surface area contributed by atoms with Crippen LogP contribution in [0.1, 0.15) is 60.4 Å². The van der Waals surface area contributed by atoms with Crippen molar-refractivity contribution in [3.8, 4) is 5.75 Å². The maximum atomic E-state index is 12.7. The lowest BCUT2D eigenvalue weighted by Crippen LogP contribution is -2.28. The van der Waals surface area contributed by atoms with E-state index in [1.165, 1.54) is 6.92 Å². The van der Waals surface area contributed by atoms with Gasteiger partial charge in [0.2, 0.25) is 5.75 Å². The van der Waals surface area contributed by atoms with Crippen molar-refractivity contribution in [3.63, 3.8) is 0 Å². The summed E-state index contributed by atoms with van der Waals surface area (Å²) < 4.78 is 7.24. The summed E-state index contributed by atoms with van der Waals surface area (Å²) in [5.41, 5.74) is 0.804. The van der Waals surface area contributed by atoms with Gasteiger partial charge >= 0.3 is 0 Å². The first-order chi connectivity index (χ1) is 11.6. The third kappa shape index (κ3) is 3.25. The molecule has 0 N–H and O–H groups in total. The van der Waals surface area contributed by atoms with Crippen LogP contribution in [-0.4, -0.2) is 15.3 Å². The zero-order valence-corrected chi connectivity index (χ0v) is 14.1. The Morgan fingerprint density at radius 2 is 1.92 bits per heavy atom. The number of hydrogen-bond acceptors (Lipinski definition) is 4. The number of benzene rings is 1. The highest BCUT2D eigenvalue weighted by atomic mass is 16.5. The average Bonchev–Trinajstić information content (AvgIpc) is 3.11. The summed E-state index contributed by atoms with van der Waals surface area (Å²) in [5.74, 6) is 0.768. The molecular weight excluding hydrogens is 304 g/mol. The summed E-state index contributed by atoms with van der Waals surface area (Å²) in [6.07, 6.45) is 4.31. The molecule has 0 radical (unpaired) electrons. The predicted octanol–water partition coefficient (Wildman–Crippen LogP) is 3.22. The molecule has 1 aliphatic carbocycles. The second-order valence-corrected chi connectivity index (χ2v) is 6.32. The van der Waals surface area contributed by atoms with Gasteiger partial charge in [-0.05, 0) is 18.4 Å². The molecule has 5 nitrogen and oxygen atoms in total. The van der Waals surface area contributed by atoms with Gasteiger partial charge in [-0.1, -0.05) is 43.2 Å². The Hall–Kier alpha value is -2.43. The zero-order valence-electron chi connectivity index (χ0n) is 14.1. The van der Waals surface area contributed by atoms with E-state index < -0.39 is 0 Å². The lowest BCUT2D eigenvalue weighted by Gasteiger charge is -2.17. The van der Waals surface area contributed by atoms with E-state index in [0.717, 1.165) is 31.2 Å². The molecule has 24 heavy (non-hydrogen) atoms. The molecular formula is C19H22N2O3. The van der Waals surface area contributed by atoms with Gasteiger partial charge in [0, 0.05) is 19.9 Å². The summed E-state index contributed by atoms with van der Waals surface area (Å²) in [4.78, 5) is 29.3. The Morgan fingerprint density at radius 3 is 2.54 bits per heavy atom. The van der Waals surface area contributed by atoms with E-state index in [1.807, 2.05) is 30.3 Å². The quantitative estimate of drug-likeness (QED) is 0.792. The number of Topliss-reactive ketones (excluding diaryl/α,β-unsaturated/α-hetero) is 1. The molecule has 0 amide bonds. The summed E-state index contributed by atoms with van der Waals surface area (Å²) in [6.45, 7) is 1.66. The zero-order chi connectivity index (χ0) is 17.1. The molecule has 0 aliphatic heterocycles. The highest BCUT2D eigenvalue weighted by Crippen LogP contribution is 2.33. The van der Waals surface area contributed by atoms with Crippen LogP contribution in [0.2, 0.25) is 0 Å². The smallest absolute Gasteiger partial charge is 0.296 e. The molecule has 5 heteroatoms. The van der Waals surface area contributed by atoms with Gasteiger partial charge in [0.15, 0.2) is 11.5 Å². The molecule has 0 bridgehead atoms. The fourth-order valence-corrected chi connectivity index (χ4v) is 3.25. The van der Waals surface area contributed by atoms with E-state index >= 15 is 0 Å². The number of rotatable bonds is 5. The molecule has 2 aromatic rings. The van der Waals surface area contributed by atoms with Gasteiger partial charge in [-0.25, -0.2) is 4.98 Å². The molecule has 1 saturated carbocycles. The number of ketones is 1. The predicted molar refractivity (Wildman–Crippen MR) is 91.5 cm³/mol. The number of aromatic nitrogens is 2. The van der Waals surface area contributed by atoms with Crippen molar-refractivity contribution in [1.29, 1.82) is 0 Å². The molecule has 1 aliphatic rings. The molecule has 1 fully saturated rings. The first-order valence-electron chi connectivity index (χ1n) is 8.36. The second kappa shape index (κ2) is 6.99. The first kappa shape index (κ1) is 16.4. The minimum Gasteiger partial charge on any atom is -0.481 e. The van der Waals surface area contributed by atoms with Crippen molar-refractivity contribution in [1.82, 2.24) is 9.55 Å². The first-order valence-corrected chi connectivity index (χ1v) is 8.36. The minimum atomic E-state index is -0.284. The molecule has 1 heterocycles. The van der Waals surface area contributed by atoms with Crippen LogP contribution in [0, 0.1) is 0 Å². The van der Waals surface area contributed by atoms with Crippen molar-refractivity contribution in [2.45, 2.75) is 45.1 Å². The van der Waals surface area contributed by atoms with Crippen LogP contribution in [0.25, 0.3) is 0 Å². The average molecular weight is 326 g/mol. The van der Waals surface area contributed by atoms with E-state index in [0.29, 0.717) is 5.82 Å². The molecule has 0 atom stereocenters. The molecule has 126 valence electrons. The van der Waals surface area contributed by atoms with Crippen LogP contribution in [0.4, 0.5) is 0 Å². The van der Waals surface area contributed by atoms with Crippen molar-refractivity contribution in [2.24, 2.45) is 7.05 Å². The van der Waals surface area contributed by atoms with Crippen molar-refractivity contribution < 1.29 is 9.53 Å². The molecule has 0 unspecified atom stereocenters. The van der Waals surface area contributed by atoms with E-state index in [2.05, 4.69) is 4.98 Å². The summed E-state index contributed by atoms with van der Waals surface area (Å²) in [5, 5.41) is 0. The van der Waals surface area contributed by atoms with E-state index in [9.17, 15) is 9.59 Å². The van der Waals surface area contributed by atoms with Crippen molar-refractivity contribution in [3.05, 3.63) is 57.8 Å². The number of ether oxygens (including phenoxy) is 1. The highest BCUT2D eigenvalue weighted by Gasteiger charge is 2.26. The van der Waals surface area contributed by atoms with Crippen LogP contribution in [0.5, 0.6) is 5.75 Å². The van der Waals surface area contributed by atoms with Crippen LogP contribution < -0.4 is 10.3 Å². The Morgan fingerprint density at radius 1 is 1.25 bits per heavy atom. The van der Waals surface area contributed by atoms with E-state index in [4.69, 9.17) is 4.74 Å². The standard InChI is InChI=1S/C19H22N2O3/c1-13(22)16-17(24-12-14-8-4-3-5-9-14)19(23)21(2)18(20-16)15-10-6-7-11-15/h3-5,8-9,15H,6-7,10-12H2,1-2H3. The fraction of sp³-hybridized carbons (Fsp3) is 0.421. The fourth-order valence-electron chi connectivity index (χ4n) is 3.25. The maximum absolute atomic E-state index is 12.7. The number of hydrogen-bond donors (Lipinski definition) is 0. The van der Waals surface area contributed by atoms with Gasteiger partial charge in [0.25, 0.3) is 5.56 Å². The van der Waals surface area contributed by atoms with Crippen LogP contribution >= 0.6 is 0 Å².